The first-order valence-electron chi connectivity index (χ1n) is 11.5. The van der Waals surface area contributed by atoms with Crippen molar-refractivity contribution in [2.45, 2.75) is 117 Å². The van der Waals surface area contributed by atoms with Gasteiger partial charge in [-0.3, -0.25) is 9.59 Å². The quantitative estimate of drug-likeness (QED) is 0.186. The molecule has 0 aromatic heterocycles. The van der Waals surface area contributed by atoms with E-state index in [1.165, 1.54) is 44.9 Å². The average Bonchev–Trinajstić information content (AvgIpc) is 2.66. The monoisotopic (exact) mass is 384 g/mol. The number of esters is 2. The van der Waals surface area contributed by atoms with E-state index in [1.54, 1.807) is 0 Å². The second kappa shape index (κ2) is 19.7. The lowest BCUT2D eigenvalue weighted by molar-refractivity contribution is -0.155. The molecule has 0 rings (SSSR count). The van der Waals surface area contributed by atoms with Crippen molar-refractivity contribution < 1.29 is 19.1 Å². The summed E-state index contributed by atoms with van der Waals surface area (Å²) in [6, 6.07) is 0. The van der Waals surface area contributed by atoms with Crippen LogP contribution in [0.15, 0.2) is 0 Å². The number of carbonyl (C=O) groups is 2. The first-order chi connectivity index (χ1) is 13.2. The summed E-state index contributed by atoms with van der Waals surface area (Å²) < 4.78 is 10.6. The van der Waals surface area contributed by atoms with Crippen molar-refractivity contribution >= 4 is 11.9 Å². The van der Waals surface area contributed by atoms with Crippen LogP contribution in [0, 0.1) is 5.92 Å². The van der Waals surface area contributed by atoms with E-state index in [2.05, 4.69) is 20.8 Å². The molecule has 4 heteroatoms. The van der Waals surface area contributed by atoms with Gasteiger partial charge in [0.25, 0.3) is 0 Å². The number of hydrogen-bond acceptors (Lipinski definition) is 4. The van der Waals surface area contributed by atoms with Crippen LogP contribution < -0.4 is 0 Å². The summed E-state index contributed by atoms with van der Waals surface area (Å²) in [5, 5.41) is 0. The fourth-order valence-corrected chi connectivity index (χ4v) is 3.03. The molecule has 0 fully saturated rings. The maximum atomic E-state index is 12.3. The SMILES string of the molecule is CCCCCCCCCCCC(CC(=O)OCCCC)C(=O)OCCCC. The predicted molar refractivity (Wildman–Crippen MR) is 112 cm³/mol. The molecular weight excluding hydrogens is 340 g/mol. The Morgan fingerprint density at radius 3 is 1.67 bits per heavy atom. The van der Waals surface area contributed by atoms with Crippen molar-refractivity contribution in [2.24, 2.45) is 5.92 Å². The van der Waals surface area contributed by atoms with Gasteiger partial charge in [0.15, 0.2) is 0 Å². The fraction of sp³-hybridized carbons (Fsp3) is 0.913. The molecule has 0 radical (unpaired) electrons. The first-order valence-corrected chi connectivity index (χ1v) is 11.5. The number of rotatable bonds is 19. The summed E-state index contributed by atoms with van der Waals surface area (Å²) in [5.74, 6) is -0.840. The van der Waals surface area contributed by atoms with Crippen LogP contribution in [-0.4, -0.2) is 25.2 Å². The van der Waals surface area contributed by atoms with Gasteiger partial charge in [0.1, 0.15) is 0 Å². The van der Waals surface area contributed by atoms with E-state index >= 15 is 0 Å². The van der Waals surface area contributed by atoms with Crippen molar-refractivity contribution in [3.05, 3.63) is 0 Å². The molecule has 1 atom stereocenters. The molecule has 0 aliphatic heterocycles. The highest BCUT2D eigenvalue weighted by molar-refractivity contribution is 5.79. The van der Waals surface area contributed by atoms with Gasteiger partial charge in [-0.05, 0) is 19.3 Å². The minimum absolute atomic E-state index is 0.158. The highest BCUT2D eigenvalue weighted by Crippen LogP contribution is 2.18. The molecule has 0 saturated carbocycles. The van der Waals surface area contributed by atoms with E-state index in [0.717, 1.165) is 44.9 Å². The van der Waals surface area contributed by atoms with Gasteiger partial charge in [-0.1, -0.05) is 91.4 Å². The normalized spacial score (nSPS) is 12.0. The van der Waals surface area contributed by atoms with E-state index in [0.29, 0.717) is 13.2 Å². The lowest BCUT2D eigenvalue weighted by atomic mass is 9.97. The zero-order valence-corrected chi connectivity index (χ0v) is 18.2. The van der Waals surface area contributed by atoms with Crippen LogP contribution in [0.25, 0.3) is 0 Å². The molecule has 0 heterocycles. The summed E-state index contributed by atoms with van der Waals surface area (Å²) >= 11 is 0. The third-order valence-electron chi connectivity index (χ3n) is 4.91. The van der Waals surface area contributed by atoms with E-state index in [1.807, 2.05) is 0 Å². The molecule has 27 heavy (non-hydrogen) atoms. The Labute approximate surface area is 167 Å². The van der Waals surface area contributed by atoms with Gasteiger partial charge in [0.2, 0.25) is 0 Å². The average molecular weight is 385 g/mol. The zero-order valence-electron chi connectivity index (χ0n) is 18.2. The van der Waals surface area contributed by atoms with Crippen LogP contribution in [0.1, 0.15) is 117 Å². The van der Waals surface area contributed by atoms with Gasteiger partial charge < -0.3 is 9.47 Å². The van der Waals surface area contributed by atoms with Crippen molar-refractivity contribution in [2.75, 3.05) is 13.2 Å². The van der Waals surface area contributed by atoms with Crippen molar-refractivity contribution in [3.63, 3.8) is 0 Å². The Bertz CT molecular complexity index is 354. The van der Waals surface area contributed by atoms with E-state index in [-0.39, 0.29) is 24.3 Å². The molecule has 0 aliphatic rings. The van der Waals surface area contributed by atoms with Gasteiger partial charge in [-0.15, -0.1) is 0 Å². The maximum absolute atomic E-state index is 12.3. The Hall–Kier alpha value is -1.06. The van der Waals surface area contributed by atoms with Crippen LogP contribution in [-0.2, 0) is 19.1 Å². The Morgan fingerprint density at radius 1 is 0.630 bits per heavy atom. The third-order valence-corrected chi connectivity index (χ3v) is 4.91. The smallest absolute Gasteiger partial charge is 0.309 e. The van der Waals surface area contributed by atoms with Gasteiger partial charge >= 0.3 is 11.9 Å². The predicted octanol–water partition coefficient (Wildman–Crippen LogP) is 6.60. The summed E-state index contributed by atoms with van der Waals surface area (Å²) in [7, 11) is 0. The molecule has 0 saturated heterocycles. The highest BCUT2D eigenvalue weighted by atomic mass is 16.5. The van der Waals surface area contributed by atoms with Crippen LogP contribution in [0.2, 0.25) is 0 Å². The molecular formula is C23H44O4. The standard InChI is InChI=1S/C23H44O4/c1-4-7-10-11-12-13-14-15-16-17-21(23(25)27-19-9-6-3)20-22(24)26-18-8-5-2/h21H,4-20H2,1-3H3. The third kappa shape index (κ3) is 16.8. The fourth-order valence-electron chi connectivity index (χ4n) is 3.03. The molecule has 1 unspecified atom stereocenters. The van der Waals surface area contributed by atoms with Crippen molar-refractivity contribution in [1.82, 2.24) is 0 Å². The molecule has 0 aliphatic carbocycles. The number of hydrogen-bond donors (Lipinski definition) is 0. The van der Waals surface area contributed by atoms with Crippen molar-refractivity contribution in [1.29, 1.82) is 0 Å². The Morgan fingerprint density at radius 2 is 1.11 bits per heavy atom. The van der Waals surface area contributed by atoms with Gasteiger partial charge in [-0.25, -0.2) is 0 Å². The van der Waals surface area contributed by atoms with Gasteiger partial charge in [-0.2, -0.15) is 0 Å². The van der Waals surface area contributed by atoms with Gasteiger partial charge in [0, 0.05) is 0 Å². The second-order valence-electron chi connectivity index (χ2n) is 7.61. The molecule has 160 valence electrons. The van der Waals surface area contributed by atoms with Crippen LogP contribution in [0.5, 0.6) is 0 Å². The number of carbonyl (C=O) groups excluding carboxylic acids is 2. The Kier molecular flexibility index (Phi) is 18.9. The van der Waals surface area contributed by atoms with E-state index in [4.69, 9.17) is 9.47 Å². The van der Waals surface area contributed by atoms with E-state index in [9.17, 15) is 9.59 Å². The minimum atomic E-state index is -0.347. The van der Waals surface area contributed by atoms with Gasteiger partial charge in [0.05, 0.1) is 25.6 Å². The van der Waals surface area contributed by atoms with E-state index < -0.39 is 0 Å². The molecule has 0 aromatic rings. The molecule has 0 aromatic carbocycles. The van der Waals surface area contributed by atoms with Crippen molar-refractivity contribution in [3.8, 4) is 0 Å². The lowest BCUT2D eigenvalue weighted by Gasteiger charge is -2.15. The summed E-state index contributed by atoms with van der Waals surface area (Å²) in [4.78, 5) is 24.3. The molecule has 0 bridgehead atoms. The lowest BCUT2D eigenvalue weighted by Crippen LogP contribution is -2.23. The molecule has 0 N–H and O–H groups in total. The summed E-state index contributed by atoms with van der Waals surface area (Å²) in [6.07, 6.45) is 15.8. The molecule has 0 amide bonds. The number of unbranched alkanes of at least 4 members (excludes halogenated alkanes) is 10. The topological polar surface area (TPSA) is 52.6 Å². The zero-order chi connectivity index (χ0) is 20.2. The first kappa shape index (κ1) is 25.9. The molecule has 4 nitrogen and oxygen atoms in total. The maximum Gasteiger partial charge on any atom is 0.309 e. The van der Waals surface area contributed by atoms with Crippen LogP contribution in [0.4, 0.5) is 0 Å². The summed E-state index contributed by atoms with van der Waals surface area (Å²) in [5.41, 5.74) is 0. The summed E-state index contributed by atoms with van der Waals surface area (Å²) in [6.45, 7) is 7.27. The number of ether oxygens (including phenoxy) is 2. The Balaban J connectivity index is 4.10. The van der Waals surface area contributed by atoms with Crippen LogP contribution >= 0.6 is 0 Å². The highest BCUT2D eigenvalue weighted by Gasteiger charge is 2.23. The largest absolute Gasteiger partial charge is 0.466 e. The molecule has 0 spiro atoms. The van der Waals surface area contributed by atoms with Crippen LogP contribution in [0.3, 0.4) is 0 Å². The second-order valence-corrected chi connectivity index (χ2v) is 7.61. The minimum Gasteiger partial charge on any atom is -0.466 e.